The van der Waals surface area contributed by atoms with Crippen molar-refractivity contribution in [3.8, 4) is 5.69 Å². The number of ether oxygens (including phenoxy) is 1. The van der Waals surface area contributed by atoms with Gasteiger partial charge in [-0.1, -0.05) is 0 Å². The van der Waals surface area contributed by atoms with Crippen LogP contribution in [-0.2, 0) is 4.74 Å². The summed E-state index contributed by atoms with van der Waals surface area (Å²) in [5.74, 6) is -0.961. The maximum absolute atomic E-state index is 13.5. The number of hydrogen-bond acceptors (Lipinski definition) is 6. The summed E-state index contributed by atoms with van der Waals surface area (Å²) >= 11 is 0. The third kappa shape index (κ3) is 4.38. The lowest BCUT2D eigenvalue weighted by Crippen LogP contribution is -2.61. The number of hydrogen-bond donors (Lipinski definition) is 1. The van der Waals surface area contributed by atoms with E-state index in [0.29, 0.717) is 12.0 Å². The zero-order valence-corrected chi connectivity index (χ0v) is 17.3. The molecule has 0 bridgehead atoms. The van der Waals surface area contributed by atoms with Crippen LogP contribution in [0.2, 0.25) is 0 Å². The summed E-state index contributed by atoms with van der Waals surface area (Å²) in [4.78, 5) is 9.08. The van der Waals surface area contributed by atoms with Gasteiger partial charge in [0.05, 0.1) is 18.9 Å². The summed E-state index contributed by atoms with van der Waals surface area (Å²) in [6.07, 6.45) is 1.43. The SMILES string of the molecule is Cc1cc(Nc2ncn(-c3cc(F)cc(F)c3)n2)cc(N2CC(N3CCOCC3)C2)c1.[HH]. The standard InChI is InChI=1S/C22H24F2N6O.H2/c1-15-6-18(11-19(7-15)29-12-21(13-29)28-2-4-31-5-3-28)26-22-25-14-30(27-22)20-9-16(23)8-17(24)10-20;/h6-11,14,21H,2-5,12-13H2,1H3,(H,26,27);1H. The highest BCUT2D eigenvalue weighted by Gasteiger charge is 2.32. The molecule has 164 valence electrons. The highest BCUT2D eigenvalue weighted by atomic mass is 19.1. The Balaban J connectivity index is 0.00000245. The van der Waals surface area contributed by atoms with Crippen LogP contribution in [0.4, 0.5) is 26.1 Å². The molecule has 0 spiro atoms. The van der Waals surface area contributed by atoms with Crippen LogP contribution in [-0.4, -0.2) is 65.1 Å². The lowest BCUT2D eigenvalue weighted by atomic mass is 10.0. The Morgan fingerprint density at radius 1 is 1.00 bits per heavy atom. The van der Waals surface area contributed by atoms with Crippen molar-refractivity contribution < 1.29 is 14.9 Å². The number of halogens is 2. The van der Waals surface area contributed by atoms with Crippen molar-refractivity contribution in [2.45, 2.75) is 13.0 Å². The van der Waals surface area contributed by atoms with Gasteiger partial charge in [-0.25, -0.2) is 13.5 Å². The molecule has 1 N–H and O–H groups in total. The summed E-state index contributed by atoms with van der Waals surface area (Å²) in [5.41, 5.74) is 3.42. The molecule has 31 heavy (non-hydrogen) atoms. The molecule has 9 heteroatoms. The maximum Gasteiger partial charge on any atom is 0.246 e. The summed E-state index contributed by atoms with van der Waals surface area (Å²) in [6, 6.07) is 10.1. The van der Waals surface area contributed by atoms with E-state index < -0.39 is 11.6 Å². The molecular formula is C22H26F2N6O. The van der Waals surface area contributed by atoms with Crippen LogP contribution in [0.1, 0.15) is 6.99 Å². The zero-order valence-electron chi connectivity index (χ0n) is 17.3. The van der Waals surface area contributed by atoms with E-state index >= 15 is 0 Å². The molecule has 0 radical (unpaired) electrons. The fourth-order valence-electron chi connectivity index (χ4n) is 4.10. The molecule has 3 heterocycles. The average molecular weight is 428 g/mol. The highest BCUT2D eigenvalue weighted by molar-refractivity contribution is 5.65. The van der Waals surface area contributed by atoms with E-state index in [4.69, 9.17) is 4.74 Å². The lowest BCUT2D eigenvalue weighted by Gasteiger charge is -2.47. The predicted octanol–water partition coefficient (Wildman–Crippen LogP) is 3.36. The summed E-state index contributed by atoms with van der Waals surface area (Å²) in [6.45, 7) is 7.69. The smallest absolute Gasteiger partial charge is 0.246 e. The van der Waals surface area contributed by atoms with E-state index in [9.17, 15) is 8.78 Å². The Hall–Kier alpha value is -3.04. The van der Waals surface area contributed by atoms with Crippen molar-refractivity contribution in [2.24, 2.45) is 0 Å². The Bertz CT molecular complexity index is 1060. The molecule has 2 aromatic carbocycles. The molecular weight excluding hydrogens is 402 g/mol. The van der Waals surface area contributed by atoms with E-state index in [1.54, 1.807) is 0 Å². The quantitative estimate of drug-likeness (QED) is 0.673. The first-order chi connectivity index (χ1) is 15.0. The maximum atomic E-state index is 13.5. The van der Waals surface area contributed by atoms with Gasteiger partial charge in [-0.3, -0.25) is 4.90 Å². The largest absolute Gasteiger partial charge is 0.379 e. The topological polar surface area (TPSA) is 58.5 Å². The fraction of sp³-hybridized carbons (Fsp3) is 0.364. The van der Waals surface area contributed by atoms with Crippen molar-refractivity contribution in [1.82, 2.24) is 19.7 Å². The molecule has 0 atom stereocenters. The molecule has 0 unspecified atom stereocenters. The Kier molecular flexibility index (Phi) is 5.29. The van der Waals surface area contributed by atoms with Gasteiger partial charge in [0.1, 0.15) is 18.0 Å². The highest BCUT2D eigenvalue weighted by Crippen LogP contribution is 2.29. The van der Waals surface area contributed by atoms with Crippen LogP contribution >= 0.6 is 0 Å². The summed E-state index contributed by atoms with van der Waals surface area (Å²) in [5, 5.41) is 7.50. The third-order valence-corrected chi connectivity index (χ3v) is 5.71. The van der Waals surface area contributed by atoms with E-state index in [0.717, 1.165) is 62.4 Å². The molecule has 2 fully saturated rings. The van der Waals surface area contributed by atoms with Gasteiger partial charge in [0, 0.05) is 51.1 Å². The minimum Gasteiger partial charge on any atom is -0.379 e. The van der Waals surface area contributed by atoms with Crippen molar-refractivity contribution in [3.63, 3.8) is 0 Å². The number of nitrogens with one attached hydrogen (secondary N) is 1. The number of aromatic nitrogens is 3. The monoisotopic (exact) mass is 428 g/mol. The van der Waals surface area contributed by atoms with Crippen LogP contribution < -0.4 is 10.2 Å². The van der Waals surface area contributed by atoms with E-state index in [1.807, 2.05) is 6.07 Å². The molecule has 2 aliphatic heterocycles. The van der Waals surface area contributed by atoms with Crippen molar-refractivity contribution in [1.29, 1.82) is 0 Å². The van der Waals surface area contributed by atoms with Crippen LogP contribution in [0.3, 0.4) is 0 Å². The van der Waals surface area contributed by atoms with E-state index in [-0.39, 0.29) is 7.11 Å². The third-order valence-electron chi connectivity index (χ3n) is 5.71. The summed E-state index contributed by atoms with van der Waals surface area (Å²) in [7, 11) is 0. The molecule has 1 aromatic heterocycles. The Morgan fingerprint density at radius 3 is 2.48 bits per heavy atom. The van der Waals surface area contributed by atoms with Gasteiger partial charge in [0.25, 0.3) is 0 Å². The normalized spacial score (nSPS) is 17.6. The van der Waals surface area contributed by atoms with Gasteiger partial charge in [-0.15, -0.1) is 5.10 Å². The number of aryl methyl sites for hydroxylation is 1. The molecule has 2 aliphatic rings. The van der Waals surface area contributed by atoms with Crippen LogP contribution in [0.15, 0.2) is 42.7 Å². The molecule has 0 saturated carbocycles. The first kappa shape index (κ1) is 19.9. The molecule has 7 nitrogen and oxygen atoms in total. The van der Waals surface area contributed by atoms with Crippen molar-refractivity contribution >= 4 is 17.3 Å². The molecule has 0 amide bonds. The number of rotatable bonds is 5. The van der Waals surface area contributed by atoms with Crippen LogP contribution in [0.5, 0.6) is 0 Å². The van der Waals surface area contributed by atoms with E-state index in [1.165, 1.54) is 23.1 Å². The molecule has 2 saturated heterocycles. The average Bonchev–Trinajstić information content (AvgIpc) is 3.15. The van der Waals surface area contributed by atoms with Gasteiger partial charge in [-0.2, -0.15) is 4.98 Å². The van der Waals surface area contributed by atoms with Crippen LogP contribution in [0, 0.1) is 18.6 Å². The number of anilines is 3. The zero-order chi connectivity index (χ0) is 21.4. The molecule has 3 aromatic rings. The van der Waals surface area contributed by atoms with Gasteiger partial charge in [0.2, 0.25) is 5.95 Å². The van der Waals surface area contributed by atoms with Gasteiger partial charge >= 0.3 is 0 Å². The first-order valence-corrected chi connectivity index (χ1v) is 10.4. The van der Waals surface area contributed by atoms with Gasteiger partial charge in [-0.05, 0) is 42.8 Å². The predicted molar refractivity (Wildman–Crippen MR) is 116 cm³/mol. The minimum absolute atomic E-state index is 0. The summed E-state index contributed by atoms with van der Waals surface area (Å²) < 4.78 is 33.8. The molecule has 5 rings (SSSR count). The first-order valence-electron chi connectivity index (χ1n) is 10.4. The number of nitrogens with zero attached hydrogens (tertiary/aromatic N) is 5. The minimum atomic E-state index is -0.659. The number of benzene rings is 2. The number of morpholine rings is 1. The van der Waals surface area contributed by atoms with Gasteiger partial charge in [0.15, 0.2) is 0 Å². The van der Waals surface area contributed by atoms with Crippen molar-refractivity contribution in [2.75, 3.05) is 49.6 Å². The fourth-order valence-corrected chi connectivity index (χ4v) is 4.10. The van der Waals surface area contributed by atoms with Gasteiger partial charge < -0.3 is 15.0 Å². The van der Waals surface area contributed by atoms with Crippen molar-refractivity contribution in [3.05, 3.63) is 59.9 Å². The second-order valence-corrected chi connectivity index (χ2v) is 8.03. The Labute approximate surface area is 180 Å². The second kappa shape index (κ2) is 8.24. The molecule has 0 aliphatic carbocycles. The second-order valence-electron chi connectivity index (χ2n) is 8.03. The van der Waals surface area contributed by atoms with Crippen LogP contribution in [0.25, 0.3) is 5.69 Å². The Morgan fingerprint density at radius 2 is 1.74 bits per heavy atom. The lowest BCUT2D eigenvalue weighted by molar-refractivity contribution is 0.0105. The van der Waals surface area contributed by atoms with E-state index in [2.05, 4.69) is 44.3 Å².